The third kappa shape index (κ3) is 30.9. The first-order chi connectivity index (χ1) is 44.6. The summed E-state index contributed by atoms with van der Waals surface area (Å²) >= 11 is 0. The fraction of sp³-hybridized carbons (Fsp3) is 0.316. The number of hydrogen-bond acceptors (Lipinski definition) is 15. The number of carbonyl (C=O) groups excluding carboxylic acids is 4. The van der Waals surface area contributed by atoms with Gasteiger partial charge >= 0.3 is 15.6 Å². The van der Waals surface area contributed by atoms with Gasteiger partial charge in [-0.1, -0.05) is 94.6 Å². The van der Waals surface area contributed by atoms with Crippen molar-refractivity contribution in [3.8, 4) is 72.4 Å². The topological polar surface area (TPSA) is 185 Å². The summed E-state index contributed by atoms with van der Waals surface area (Å²) in [6.07, 6.45) is 45.0. The van der Waals surface area contributed by atoms with E-state index in [1.807, 2.05) is 79.7 Å². The van der Waals surface area contributed by atoms with Crippen molar-refractivity contribution in [1.29, 1.82) is 0 Å². The van der Waals surface area contributed by atoms with Crippen LogP contribution in [0.5, 0.6) is 23.0 Å². The molecule has 0 saturated carbocycles. The van der Waals surface area contributed by atoms with E-state index in [-0.39, 0.29) is 52.9 Å². The molecule has 0 bridgehead atoms. The van der Waals surface area contributed by atoms with Crippen LogP contribution in [0.1, 0.15) is 170 Å². The second-order valence-electron chi connectivity index (χ2n) is 22.1. The van der Waals surface area contributed by atoms with Gasteiger partial charge in [-0.25, -0.2) is 9.13 Å². The third-order valence-electron chi connectivity index (χ3n) is 13.8. The summed E-state index contributed by atoms with van der Waals surface area (Å²) in [5.74, 6) is 12.1. The predicted octanol–water partition coefficient (Wildman–Crippen LogP) is 17.5. The normalized spacial score (nSPS) is 13.4. The lowest BCUT2D eigenvalue weighted by atomic mass is 10.1. The Morgan fingerprint density at radius 1 is 0.333 bits per heavy atom. The first kappa shape index (κ1) is 76.6. The molecule has 0 amide bonds. The molecule has 0 radical (unpaired) electrons. The molecule has 0 spiro atoms. The molecule has 4 aromatic carbocycles. The Morgan fingerprint density at radius 3 is 0.742 bits per heavy atom. The third-order valence-corrected chi connectivity index (χ3v) is 17.2. The van der Waals surface area contributed by atoms with Gasteiger partial charge in [0.25, 0.3) is 0 Å². The lowest BCUT2D eigenvalue weighted by molar-refractivity contribution is 0.111. The zero-order valence-corrected chi connectivity index (χ0v) is 56.3. The van der Waals surface area contributed by atoms with Crippen LogP contribution in [-0.4, -0.2) is 78.0 Å². The van der Waals surface area contributed by atoms with E-state index in [9.17, 15) is 28.3 Å². The van der Waals surface area contributed by atoms with Crippen LogP contribution in [0.15, 0.2) is 166 Å². The summed E-state index contributed by atoms with van der Waals surface area (Å²) in [4.78, 5) is 45.7. The molecule has 15 nitrogen and oxygen atoms in total. The van der Waals surface area contributed by atoms with Crippen LogP contribution < -0.4 is 18.9 Å². The molecule has 0 aromatic heterocycles. The summed E-state index contributed by atoms with van der Waals surface area (Å²) in [5, 5.41) is 0. The molecule has 0 atom stereocenters. The van der Waals surface area contributed by atoms with E-state index in [4.69, 9.17) is 67.0 Å². The zero-order chi connectivity index (χ0) is 68.0. The zero-order valence-electron chi connectivity index (χ0n) is 54.5. The van der Waals surface area contributed by atoms with Crippen molar-refractivity contribution < 1.29 is 69.7 Å². The number of rotatable bonds is 42. The smallest absolute Gasteiger partial charge is 0.484 e. The van der Waals surface area contributed by atoms with Gasteiger partial charge in [0.2, 0.25) is 0 Å². The number of phosphoric ester groups is 2. The van der Waals surface area contributed by atoms with Gasteiger partial charge < -0.3 is 18.9 Å². The molecule has 0 saturated heterocycles. The maximum Gasteiger partial charge on any atom is 0.484 e. The molecule has 0 N–H and O–H groups in total. The van der Waals surface area contributed by atoms with Gasteiger partial charge in [0.1, 0.15) is 74.6 Å². The molecule has 0 heterocycles. The number of allylic oxidation sites excluding steroid dienone is 8. The highest BCUT2D eigenvalue weighted by Gasteiger charge is 2.40. The van der Waals surface area contributed by atoms with Crippen molar-refractivity contribution in [3.63, 3.8) is 0 Å². The summed E-state index contributed by atoms with van der Waals surface area (Å²) in [6, 6.07) is 19.7. The number of hydrogen-bond donors (Lipinski definition) is 0. The minimum absolute atomic E-state index is 0.250. The van der Waals surface area contributed by atoms with Gasteiger partial charge in [0, 0.05) is 44.5 Å². The van der Waals surface area contributed by atoms with Crippen LogP contribution in [0.4, 0.5) is 0 Å². The second-order valence-corrected chi connectivity index (χ2v) is 25.6. The number of aldehydes is 4. The predicted molar refractivity (Wildman–Crippen MR) is 368 cm³/mol. The van der Waals surface area contributed by atoms with Crippen molar-refractivity contribution in [1.82, 2.24) is 0 Å². The van der Waals surface area contributed by atoms with Crippen LogP contribution >= 0.6 is 15.6 Å². The van der Waals surface area contributed by atoms with Crippen LogP contribution in [0.25, 0.3) is 0 Å². The SMILES string of the molecule is C#Cc1cc(C=O)cc(OC/C(C)=C/CC/C(C)=C/COP(=O)(OC/C=C(\C)CC/C=C(\C)COc2cc(C#C)cc(C=O)c2)OP(=O)(OC/C=C(\C)CC/C=C(\C)COc2cc(C#C)cc(C=O)c2)OC/C=C(\C)CC/C=C(\C)COc2cc(C#C)cc(C=O)c2)c1. The molecule has 488 valence electrons. The van der Waals surface area contributed by atoms with Crippen LogP contribution in [0.2, 0.25) is 0 Å². The summed E-state index contributed by atoms with van der Waals surface area (Å²) in [6.45, 7) is 15.4. The maximum atomic E-state index is 14.9. The molecule has 17 heteroatoms. The van der Waals surface area contributed by atoms with E-state index in [0.29, 0.717) is 144 Å². The van der Waals surface area contributed by atoms with Crippen molar-refractivity contribution in [2.24, 2.45) is 0 Å². The molecule has 0 aliphatic rings. The number of phosphoric acid groups is 2. The average Bonchev–Trinajstić information content (AvgIpc) is 1.86. The van der Waals surface area contributed by atoms with Gasteiger partial charge in [-0.3, -0.25) is 37.3 Å². The highest BCUT2D eigenvalue weighted by molar-refractivity contribution is 7.62. The monoisotopic (exact) mass is 1300 g/mol. The molecule has 0 unspecified atom stereocenters. The van der Waals surface area contributed by atoms with Gasteiger partial charge in [-0.2, -0.15) is 4.31 Å². The van der Waals surface area contributed by atoms with E-state index in [2.05, 4.69) is 23.7 Å². The molecule has 4 rings (SSSR count). The molecule has 93 heavy (non-hydrogen) atoms. The molecule has 0 aliphatic carbocycles. The fourth-order valence-electron chi connectivity index (χ4n) is 8.42. The molecule has 0 aliphatic heterocycles. The first-order valence-electron chi connectivity index (χ1n) is 30.2. The van der Waals surface area contributed by atoms with E-state index >= 15 is 0 Å². The molecular weight excluding hydrogens is 1210 g/mol. The minimum Gasteiger partial charge on any atom is -0.489 e. The molecule has 4 aromatic rings. The van der Waals surface area contributed by atoms with Crippen LogP contribution in [-0.2, 0) is 31.5 Å². The van der Waals surface area contributed by atoms with Crippen molar-refractivity contribution in [3.05, 3.63) is 210 Å². The Labute approximate surface area is 550 Å². The number of carbonyl (C=O) groups is 4. The van der Waals surface area contributed by atoms with Crippen molar-refractivity contribution >= 4 is 40.8 Å². The van der Waals surface area contributed by atoms with Gasteiger partial charge in [-0.05, 0) is 202 Å². The average molecular weight is 1300 g/mol. The Kier molecular flexibility index (Phi) is 34.3. The van der Waals surface area contributed by atoms with Crippen LogP contribution in [0, 0.1) is 49.4 Å². The lowest BCUT2D eigenvalue weighted by Gasteiger charge is -2.22. The highest BCUT2D eigenvalue weighted by atomic mass is 31.3. The van der Waals surface area contributed by atoms with Gasteiger partial charge in [0.05, 0.1) is 26.4 Å². The Balaban J connectivity index is 1.52. The summed E-state index contributed by atoms with van der Waals surface area (Å²) < 4.78 is 83.0. The van der Waals surface area contributed by atoms with E-state index < -0.39 is 15.6 Å². The quantitative estimate of drug-likeness (QED) is 0.0176. The van der Waals surface area contributed by atoms with Gasteiger partial charge in [-0.15, -0.1) is 25.7 Å². The first-order valence-corrected chi connectivity index (χ1v) is 33.1. The van der Waals surface area contributed by atoms with Crippen molar-refractivity contribution in [2.45, 2.75) is 107 Å². The Bertz CT molecular complexity index is 3290. The number of terminal acetylenes is 4. The van der Waals surface area contributed by atoms with E-state index in [1.54, 1.807) is 97.1 Å². The fourth-order valence-corrected chi connectivity index (χ4v) is 11.3. The number of benzene rings is 4. The molecule has 0 fully saturated rings. The summed E-state index contributed by atoms with van der Waals surface area (Å²) in [5.41, 5.74) is 11.1. The van der Waals surface area contributed by atoms with E-state index in [1.165, 1.54) is 0 Å². The lowest BCUT2D eigenvalue weighted by Crippen LogP contribution is -2.05. The highest BCUT2D eigenvalue weighted by Crippen LogP contribution is 2.66. The summed E-state index contributed by atoms with van der Waals surface area (Å²) in [7, 11) is -9.52. The Morgan fingerprint density at radius 2 is 0.548 bits per heavy atom. The minimum atomic E-state index is -4.76. The molecular formula is C76H84O15P2. The largest absolute Gasteiger partial charge is 0.489 e. The number of ether oxygens (including phenoxy) is 4. The van der Waals surface area contributed by atoms with Crippen LogP contribution in [0.3, 0.4) is 0 Å². The van der Waals surface area contributed by atoms with E-state index in [0.717, 1.165) is 44.6 Å². The van der Waals surface area contributed by atoms with Gasteiger partial charge in [0.15, 0.2) is 0 Å². The second kappa shape index (κ2) is 41.6. The van der Waals surface area contributed by atoms with Crippen molar-refractivity contribution in [2.75, 3.05) is 52.9 Å². The standard InChI is InChI=1S/C76H84O15P2/c1-13-65-37-69(49-77)45-73(41-65)83-53-61(9)25-17-21-57(5)29-33-87-92(81,88-34-30-58(6)22-18-26-62(10)54-84-74-42-66(14-2)38-70(46-74)50-78)91-93(82,89-35-31-59(7)23-19-27-63(11)55-85-75-43-67(15-3)39-71(47-75)51-79)90-36-32-60(8)24-20-28-64(12)56-86-76-44-68(16-4)40-72(48-76)52-80/h1-4,25-32,37-52H,17-24,33-36,53-56H2,5-12H3/b57-29+,58-30+,59-31+,60-32+,61-25+,62-26+,63-27+,64-28+. The Hall–Kier alpha value is -8.82. The maximum absolute atomic E-state index is 14.9.